The second-order valence-electron chi connectivity index (χ2n) is 14.6. The number of nitrogens with one attached hydrogen (secondary N) is 1. The molecule has 256 valence electrons. The summed E-state index contributed by atoms with van der Waals surface area (Å²) in [6, 6.07) is 59.1. The highest BCUT2D eigenvalue weighted by Crippen LogP contribution is 2.64. The van der Waals surface area contributed by atoms with E-state index in [-0.39, 0.29) is 12.1 Å². The molecule has 3 heteroatoms. The van der Waals surface area contributed by atoms with Crippen LogP contribution in [0.15, 0.2) is 199 Å². The first kappa shape index (κ1) is 30.9. The van der Waals surface area contributed by atoms with Crippen molar-refractivity contribution in [1.29, 1.82) is 0 Å². The molecule has 0 bridgehead atoms. The van der Waals surface area contributed by atoms with Crippen LogP contribution < -0.4 is 10.1 Å². The second-order valence-corrected chi connectivity index (χ2v) is 14.6. The van der Waals surface area contributed by atoms with Crippen molar-refractivity contribution in [1.82, 2.24) is 5.32 Å². The number of hydrogen-bond donors (Lipinski definition) is 1. The average molecular weight is 693 g/mol. The molecule has 54 heavy (non-hydrogen) atoms. The molecule has 3 nitrogen and oxygen atoms in total. The number of hydrogen-bond acceptors (Lipinski definition) is 3. The molecule has 0 saturated heterocycles. The standard InChI is InChI=1S/C51H36N2O/c1-2-16-34(17-3-1)46-32-47(36-30-29-33-15-4-5-18-35(33)31-36)53-50(52-46)41-22-7-6-19-37(41)40-23-14-27-45-49(40)54-48-28-13-12-26-44(48)51(45)42-24-10-8-20-38(42)39-21-9-11-25-43(39)51/h1-25,27-32,44,50,52H,26H2. The van der Waals surface area contributed by atoms with Crippen LogP contribution in [0, 0.1) is 5.92 Å². The number of fused-ring (bicyclic) bond motifs is 10. The Hall–Kier alpha value is -6.71. The minimum Gasteiger partial charge on any atom is -0.460 e. The smallest absolute Gasteiger partial charge is 0.146 e. The van der Waals surface area contributed by atoms with Gasteiger partial charge in [-0.25, -0.2) is 0 Å². The maximum absolute atomic E-state index is 7.14. The van der Waals surface area contributed by atoms with Gasteiger partial charge in [-0.3, -0.25) is 4.99 Å². The van der Waals surface area contributed by atoms with Crippen molar-refractivity contribution in [3.05, 3.63) is 227 Å². The SMILES string of the molecule is C1=CCC2C(=C1)Oc1c(-c3ccccc3C3N=C(c4ccc5ccccc5c4)C=C(c4ccccc4)N3)cccc1C21c2ccccc2-c2ccccc21. The van der Waals surface area contributed by atoms with E-state index in [0.717, 1.165) is 57.2 Å². The van der Waals surface area contributed by atoms with Crippen LogP contribution >= 0.6 is 0 Å². The van der Waals surface area contributed by atoms with E-state index in [1.807, 2.05) is 0 Å². The van der Waals surface area contributed by atoms with Crippen LogP contribution in [-0.2, 0) is 5.41 Å². The number of nitrogens with zero attached hydrogens (tertiary/aromatic N) is 1. The van der Waals surface area contributed by atoms with Crippen LogP contribution in [-0.4, -0.2) is 5.71 Å². The first-order chi connectivity index (χ1) is 26.8. The van der Waals surface area contributed by atoms with Crippen LogP contribution in [0.1, 0.15) is 46.0 Å². The first-order valence-corrected chi connectivity index (χ1v) is 18.8. The van der Waals surface area contributed by atoms with E-state index >= 15 is 0 Å². The third-order valence-corrected chi connectivity index (χ3v) is 11.8. The fourth-order valence-electron chi connectivity index (χ4n) is 9.47. The number of rotatable bonds is 4. The van der Waals surface area contributed by atoms with Crippen molar-refractivity contribution in [2.45, 2.75) is 18.0 Å². The molecule has 2 unspecified atom stereocenters. The Morgan fingerprint density at radius 1 is 0.574 bits per heavy atom. The summed E-state index contributed by atoms with van der Waals surface area (Å²) in [5, 5.41) is 6.26. The lowest BCUT2D eigenvalue weighted by Gasteiger charge is -2.46. The summed E-state index contributed by atoms with van der Waals surface area (Å²) < 4.78 is 7.14. The van der Waals surface area contributed by atoms with Crippen LogP contribution in [0.25, 0.3) is 38.7 Å². The molecule has 1 spiro atoms. The highest BCUT2D eigenvalue weighted by molar-refractivity contribution is 6.14. The summed E-state index contributed by atoms with van der Waals surface area (Å²) in [6.07, 6.45) is 9.39. The van der Waals surface area contributed by atoms with Crippen molar-refractivity contribution in [3.63, 3.8) is 0 Å². The van der Waals surface area contributed by atoms with Gasteiger partial charge in [0.25, 0.3) is 0 Å². The maximum atomic E-state index is 7.14. The fourth-order valence-corrected chi connectivity index (χ4v) is 9.47. The summed E-state index contributed by atoms with van der Waals surface area (Å²) in [6.45, 7) is 0. The van der Waals surface area contributed by atoms with Gasteiger partial charge in [-0.05, 0) is 68.8 Å². The Labute approximate surface area is 315 Å². The maximum Gasteiger partial charge on any atom is 0.146 e. The molecule has 1 N–H and O–H groups in total. The van der Waals surface area contributed by atoms with Crippen LogP contribution in [0.4, 0.5) is 0 Å². The fraction of sp³-hybridized carbons (Fsp3) is 0.0784. The summed E-state index contributed by atoms with van der Waals surface area (Å²) in [5.74, 6) is 2.07. The van der Waals surface area contributed by atoms with E-state index in [0.29, 0.717) is 0 Å². The molecule has 0 aromatic heterocycles. The Bertz CT molecular complexity index is 2720. The lowest BCUT2D eigenvalue weighted by Crippen LogP contribution is -2.42. The molecule has 0 fully saturated rings. The van der Waals surface area contributed by atoms with Crippen molar-refractivity contribution >= 4 is 22.2 Å². The molecular weight excluding hydrogens is 657 g/mol. The highest BCUT2D eigenvalue weighted by atomic mass is 16.5. The van der Waals surface area contributed by atoms with E-state index in [1.165, 1.54) is 38.6 Å². The van der Waals surface area contributed by atoms with Gasteiger partial charge in [-0.2, -0.15) is 0 Å². The number of para-hydroxylation sites is 1. The van der Waals surface area contributed by atoms with Gasteiger partial charge < -0.3 is 10.1 Å². The molecule has 2 atom stereocenters. The van der Waals surface area contributed by atoms with E-state index < -0.39 is 5.41 Å². The summed E-state index contributed by atoms with van der Waals surface area (Å²) in [7, 11) is 0. The molecule has 0 radical (unpaired) electrons. The molecule has 2 aliphatic carbocycles. The predicted octanol–water partition coefficient (Wildman–Crippen LogP) is 11.8. The lowest BCUT2D eigenvalue weighted by atomic mass is 9.60. The number of aliphatic imine (C=N–C) groups is 1. The van der Waals surface area contributed by atoms with Crippen LogP contribution in [0.5, 0.6) is 5.75 Å². The minimum atomic E-state index is -0.393. The molecule has 4 aliphatic rings. The molecule has 7 aromatic carbocycles. The Kier molecular flexibility index (Phi) is 6.96. The van der Waals surface area contributed by atoms with E-state index in [1.54, 1.807) is 0 Å². The molecule has 0 amide bonds. The molecule has 2 heterocycles. The van der Waals surface area contributed by atoms with Gasteiger partial charge in [0.1, 0.15) is 17.7 Å². The largest absolute Gasteiger partial charge is 0.460 e. The second kappa shape index (κ2) is 12.2. The highest BCUT2D eigenvalue weighted by Gasteiger charge is 2.55. The zero-order chi connectivity index (χ0) is 35.6. The Balaban J connectivity index is 1.11. The van der Waals surface area contributed by atoms with Gasteiger partial charge in [0, 0.05) is 33.9 Å². The predicted molar refractivity (Wildman–Crippen MR) is 220 cm³/mol. The van der Waals surface area contributed by atoms with Gasteiger partial charge in [0.15, 0.2) is 0 Å². The van der Waals surface area contributed by atoms with Gasteiger partial charge in [-0.15, -0.1) is 0 Å². The van der Waals surface area contributed by atoms with E-state index in [9.17, 15) is 0 Å². The van der Waals surface area contributed by atoms with E-state index in [4.69, 9.17) is 9.73 Å². The number of ether oxygens (including phenoxy) is 1. The van der Waals surface area contributed by atoms with Crippen LogP contribution in [0.3, 0.4) is 0 Å². The molecule has 7 aromatic rings. The van der Waals surface area contributed by atoms with Crippen molar-refractivity contribution < 1.29 is 4.74 Å². The third-order valence-electron chi connectivity index (χ3n) is 11.8. The van der Waals surface area contributed by atoms with Gasteiger partial charge in [-0.1, -0.05) is 170 Å². The summed E-state index contributed by atoms with van der Waals surface area (Å²) >= 11 is 0. The molecular formula is C51H36N2O. The quantitative estimate of drug-likeness (QED) is 0.199. The van der Waals surface area contributed by atoms with Crippen molar-refractivity contribution in [2.24, 2.45) is 10.9 Å². The average Bonchev–Trinajstić information content (AvgIpc) is 3.54. The molecule has 2 aliphatic heterocycles. The van der Waals surface area contributed by atoms with Gasteiger partial charge in [0.05, 0.1) is 11.1 Å². The molecule has 0 saturated carbocycles. The summed E-state index contributed by atoms with van der Waals surface area (Å²) in [5.41, 5.74) is 13.6. The lowest BCUT2D eigenvalue weighted by molar-refractivity contribution is 0.254. The van der Waals surface area contributed by atoms with Gasteiger partial charge in [0.2, 0.25) is 0 Å². The molecule has 11 rings (SSSR count). The monoisotopic (exact) mass is 692 g/mol. The zero-order valence-electron chi connectivity index (χ0n) is 29.6. The topological polar surface area (TPSA) is 33.6 Å². The van der Waals surface area contributed by atoms with Crippen molar-refractivity contribution in [3.8, 4) is 28.0 Å². The van der Waals surface area contributed by atoms with Crippen molar-refractivity contribution in [2.75, 3.05) is 0 Å². The Morgan fingerprint density at radius 2 is 1.24 bits per heavy atom. The number of allylic oxidation sites excluding steroid dienone is 5. The van der Waals surface area contributed by atoms with Gasteiger partial charge >= 0.3 is 0 Å². The third kappa shape index (κ3) is 4.58. The summed E-state index contributed by atoms with van der Waals surface area (Å²) in [4.78, 5) is 5.47. The normalized spacial score (nSPS) is 18.6. The minimum absolute atomic E-state index is 0.137. The first-order valence-electron chi connectivity index (χ1n) is 18.8. The number of benzene rings is 7. The zero-order valence-corrected chi connectivity index (χ0v) is 29.6. The van der Waals surface area contributed by atoms with Crippen LogP contribution in [0.2, 0.25) is 0 Å². The van der Waals surface area contributed by atoms with E-state index in [2.05, 4.69) is 193 Å². The Morgan fingerprint density at radius 3 is 2.06 bits per heavy atom.